The Hall–Kier alpha value is -1.51. The van der Waals surface area contributed by atoms with Crippen molar-refractivity contribution in [2.75, 3.05) is 0 Å². The predicted molar refractivity (Wildman–Crippen MR) is 63.3 cm³/mol. The molecule has 2 aliphatic carbocycles. The van der Waals surface area contributed by atoms with E-state index >= 15 is 0 Å². The van der Waals surface area contributed by atoms with Crippen molar-refractivity contribution < 1.29 is 15.0 Å². The molecule has 2 aliphatic rings. The van der Waals surface area contributed by atoms with Crippen molar-refractivity contribution in [2.45, 2.75) is 43.9 Å². The van der Waals surface area contributed by atoms with Gasteiger partial charge in [-0.25, -0.2) is 0 Å². The van der Waals surface area contributed by atoms with Gasteiger partial charge >= 0.3 is 5.97 Å². The highest BCUT2D eigenvalue weighted by molar-refractivity contribution is 5.84. The molecule has 1 saturated carbocycles. The van der Waals surface area contributed by atoms with Crippen LogP contribution in [0, 0.1) is 0 Å². The van der Waals surface area contributed by atoms with Crippen molar-refractivity contribution in [1.82, 2.24) is 0 Å². The molecule has 0 heterocycles. The van der Waals surface area contributed by atoms with E-state index in [9.17, 15) is 15.0 Å². The van der Waals surface area contributed by atoms with Gasteiger partial charge in [-0.1, -0.05) is 18.6 Å². The van der Waals surface area contributed by atoms with Crippen LogP contribution in [-0.2, 0) is 23.1 Å². The number of hydrogen-bond acceptors (Lipinski definition) is 2. The second-order valence-corrected chi connectivity index (χ2v) is 5.19. The summed E-state index contributed by atoms with van der Waals surface area (Å²) < 4.78 is 0. The van der Waals surface area contributed by atoms with Gasteiger partial charge in [-0.15, -0.1) is 0 Å². The summed E-state index contributed by atoms with van der Waals surface area (Å²) in [6.07, 6.45) is 5.17. The maximum atomic E-state index is 11.4. The molecule has 3 rings (SSSR count). The quantitative estimate of drug-likeness (QED) is 0.823. The molecule has 0 saturated heterocycles. The van der Waals surface area contributed by atoms with Crippen LogP contribution in [0.25, 0.3) is 0 Å². The van der Waals surface area contributed by atoms with Crippen molar-refractivity contribution in [3.63, 3.8) is 0 Å². The Morgan fingerprint density at radius 2 is 1.94 bits per heavy atom. The number of aryl methyl sites for hydroxylation is 1. The van der Waals surface area contributed by atoms with Crippen LogP contribution in [0.3, 0.4) is 0 Å². The van der Waals surface area contributed by atoms with Gasteiger partial charge in [0.15, 0.2) is 0 Å². The molecule has 0 atom stereocenters. The fraction of sp³-hybridized carbons (Fsp3) is 0.500. The normalized spacial score (nSPS) is 20.7. The van der Waals surface area contributed by atoms with Crippen LogP contribution in [0.1, 0.15) is 42.4 Å². The minimum atomic E-state index is -0.818. The highest BCUT2D eigenvalue weighted by atomic mass is 16.4. The number of phenols is 1. The van der Waals surface area contributed by atoms with E-state index in [1.165, 1.54) is 5.56 Å². The Morgan fingerprint density at radius 3 is 2.53 bits per heavy atom. The molecule has 90 valence electrons. The molecular formula is C14H16O3. The van der Waals surface area contributed by atoms with Crippen LogP contribution in [-0.4, -0.2) is 16.2 Å². The predicted octanol–water partition coefficient (Wildman–Crippen LogP) is 2.39. The first-order valence-corrected chi connectivity index (χ1v) is 6.23. The van der Waals surface area contributed by atoms with Gasteiger partial charge in [0.2, 0.25) is 0 Å². The highest BCUT2D eigenvalue weighted by Crippen LogP contribution is 2.49. The van der Waals surface area contributed by atoms with Crippen molar-refractivity contribution in [3.05, 3.63) is 28.8 Å². The Bertz CT molecular complexity index is 486. The SMILES string of the molecule is O=C(O)C1(c2ccc3c(c2O)CCC3)CCC1. The first-order valence-electron chi connectivity index (χ1n) is 6.23. The van der Waals surface area contributed by atoms with E-state index in [4.69, 9.17) is 0 Å². The third-order valence-corrected chi connectivity index (χ3v) is 4.38. The monoisotopic (exact) mass is 232 g/mol. The third-order valence-electron chi connectivity index (χ3n) is 4.38. The van der Waals surface area contributed by atoms with E-state index in [0.717, 1.165) is 31.2 Å². The number of rotatable bonds is 2. The summed E-state index contributed by atoms with van der Waals surface area (Å²) in [5.74, 6) is -0.543. The summed E-state index contributed by atoms with van der Waals surface area (Å²) in [5.41, 5.74) is 1.99. The summed E-state index contributed by atoms with van der Waals surface area (Å²) in [5, 5.41) is 19.7. The molecule has 0 unspecified atom stereocenters. The number of aromatic hydroxyl groups is 1. The van der Waals surface area contributed by atoms with E-state index in [0.29, 0.717) is 18.4 Å². The van der Waals surface area contributed by atoms with Crippen LogP contribution in [0.15, 0.2) is 12.1 Å². The maximum absolute atomic E-state index is 11.4. The standard InChI is InChI=1S/C14H16O3/c15-12-10-4-1-3-9(10)5-6-11(12)14(13(16)17)7-2-8-14/h5-6,15H,1-4,7-8H2,(H,16,17). The molecular weight excluding hydrogens is 216 g/mol. The number of hydrogen-bond donors (Lipinski definition) is 2. The Balaban J connectivity index is 2.12. The largest absolute Gasteiger partial charge is 0.507 e. The zero-order valence-corrected chi connectivity index (χ0v) is 9.70. The van der Waals surface area contributed by atoms with Gasteiger partial charge in [0, 0.05) is 5.56 Å². The minimum Gasteiger partial charge on any atom is -0.507 e. The molecule has 1 fully saturated rings. The van der Waals surface area contributed by atoms with Gasteiger partial charge in [-0.05, 0) is 43.2 Å². The van der Waals surface area contributed by atoms with E-state index in [1.807, 2.05) is 12.1 Å². The Labute approximate surface area is 100 Å². The lowest BCUT2D eigenvalue weighted by atomic mass is 9.64. The van der Waals surface area contributed by atoms with Crippen molar-refractivity contribution in [1.29, 1.82) is 0 Å². The maximum Gasteiger partial charge on any atom is 0.314 e. The number of phenolic OH excluding ortho intramolecular Hbond substituents is 1. The summed E-state index contributed by atoms with van der Waals surface area (Å²) in [6.45, 7) is 0. The topological polar surface area (TPSA) is 57.5 Å². The molecule has 0 amide bonds. The van der Waals surface area contributed by atoms with E-state index in [2.05, 4.69) is 0 Å². The summed E-state index contributed by atoms with van der Waals surface area (Å²) in [6, 6.07) is 3.83. The minimum absolute atomic E-state index is 0.252. The molecule has 0 spiro atoms. The molecule has 0 aromatic heterocycles. The first-order chi connectivity index (χ1) is 8.15. The van der Waals surface area contributed by atoms with Crippen LogP contribution in [0.4, 0.5) is 0 Å². The molecule has 17 heavy (non-hydrogen) atoms. The smallest absolute Gasteiger partial charge is 0.314 e. The van der Waals surface area contributed by atoms with Crippen LogP contribution < -0.4 is 0 Å². The average Bonchev–Trinajstić information content (AvgIpc) is 2.67. The zero-order chi connectivity index (χ0) is 12.0. The second kappa shape index (κ2) is 3.49. The number of carboxylic acid groups (broad SMARTS) is 1. The molecule has 2 N–H and O–H groups in total. The molecule has 0 radical (unpaired) electrons. The molecule has 1 aromatic carbocycles. The van der Waals surface area contributed by atoms with Gasteiger partial charge in [0.25, 0.3) is 0 Å². The number of carboxylic acids is 1. The van der Waals surface area contributed by atoms with Gasteiger partial charge in [-0.3, -0.25) is 4.79 Å². The fourth-order valence-corrected chi connectivity index (χ4v) is 3.16. The molecule has 0 bridgehead atoms. The van der Waals surface area contributed by atoms with Crippen LogP contribution in [0.5, 0.6) is 5.75 Å². The van der Waals surface area contributed by atoms with Gasteiger partial charge in [-0.2, -0.15) is 0 Å². The van der Waals surface area contributed by atoms with Crippen LogP contribution in [0.2, 0.25) is 0 Å². The van der Waals surface area contributed by atoms with Crippen LogP contribution >= 0.6 is 0 Å². The van der Waals surface area contributed by atoms with E-state index in [-0.39, 0.29) is 5.75 Å². The van der Waals surface area contributed by atoms with Crippen molar-refractivity contribution in [2.24, 2.45) is 0 Å². The Morgan fingerprint density at radius 1 is 1.18 bits per heavy atom. The lowest BCUT2D eigenvalue weighted by molar-refractivity contribution is -0.147. The van der Waals surface area contributed by atoms with Gasteiger partial charge in [0.1, 0.15) is 5.75 Å². The van der Waals surface area contributed by atoms with Gasteiger partial charge < -0.3 is 10.2 Å². The van der Waals surface area contributed by atoms with E-state index < -0.39 is 11.4 Å². The van der Waals surface area contributed by atoms with E-state index in [1.54, 1.807) is 0 Å². The second-order valence-electron chi connectivity index (χ2n) is 5.19. The lowest BCUT2D eigenvalue weighted by Crippen LogP contribution is -2.42. The number of fused-ring (bicyclic) bond motifs is 1. The Kier molecular flexibility index (Phi) is 2.18. The van der Waals surface area contributed by atoms with Crippen molar-refractivity contribution in [3.8, 4) is 5.75 Å². The summed E-state index contributed by atoms with van der Waals surface area (Å²) >= 11 is 0. The average molecular weight is 232 g/mol. The number of aliphatic carboxylic acids is 1. The first kappa shape index (κ1) is 10.6. The summed E-state index contributed by atoms with van der Waals surface area (Å²) in [4.78, 5) is 11.4. The van der Waals surface area contributed by atoms with Crippen molar-refractivity contribution >= 4 is 5.97 Å². The summed E-state index contributed by atoms with van der Waals surface area (Å²) in [7, 11) is 0. The molecule has 0 aliphatic heterocycles. The highest BCUT2D eigenvalue weighted by Gasteiger charge is 2.48. The fourth-order valence-electron chi connectivity index (χ4n) is 3.16. The molecule has 3 nitrogen and oxygen atoms in total. The third kappa shape index (κ3) is 1.31. The molecule has 1 aromatic rings. The molecule has 3 heteroatoms. The number of benzene rings is 1. The zero-order valence-electron chi connectivity index (χ0n) is 9.70. The van der Waals surface area contributed by atoms with Gasteiger partial charge in [0.05, 0.1) is 5.41 Å². The lowest BCUT2D eigenvalue weighted by Gasteiger charge is -2.38. The number of carbonyl (C=O) groups is 1.